The minimum Gasteiger partial charge on any atom is -0.493 e. The highest BCUT2D eigenvalue weighted by atomic mass is 35.5. The van der Waals surface area contributed by atoms with Crippen LogP contribution in [0, 0.1) is 0 Å². The molecule has 0 atom stereocenters. The number of ether oxygens (including phenoxy) is 2. The molecule has 1 heterocycles. The van der Waals surface area contributed by atoms with Crippen LogP contribution in [0.25, 0.3) is 11.3 Å². The molecule has 0 aliphatic rings. The van der Waals surface area contributed by atoms with Crippen LogP contribution < -0.4 is 14.8 Å². The van der Waals surface area contributed by atoms with Crippen molar-refractivity contribution in [2.45, 2.75) is 13.5 Å². The quantitative estimate of drug-likeness (QED) is 0.654. The van der Waals surface area contributed by atoms with Gasteiger partial charge in [-0.25, -0.2) is 4.98 Å². The maximum atomic E-state index is 12.6. The number of oxazole rings is 1. The Morgan fingerprint density at radius 1 is 1.22 bits per heavy atom. The smallest absolute Gasteiger partial charge is 0.274 e. The molecule has 1 N–H and O–H groups in total. The third-order valence-electron chi connectivity index (χ3n) is 3.85. The summed E-state index contributed by atoms with van der Waals surface area (Å²) in [5.41, 5.74) is 1.77. The van der Waals surface area contributed by atoms with Crippen LogP contribution in [0.1, 0.15) is 23.0 Å². The molecule has 0 aliphatic carbocycles. The van der Waals surface area contributed by atoms with Gasteiger partial charge in [0.15, 0.2) is 29.3 Å². The second-order valence-electron chi connectivity index (χ2n) is 5.64. The fourth-order valence-electron chi connectivity index (χ4n) is 2.61. The molecule has 7 heteroatoms. The predicted molar refractivity (Wildman–Crippen MR) is 102 cm³/mol. The predicted octanol–water partition coefficient (Wildman–Crippen LogP) is 4.33. The number of amides is 1. The molecule has 6 nitrogen and oxygen atoms in total. The van der Waals surface area contributed by atoms with Gasteiger partial charge in [-0.2, -0.15) is 0 Å². The highest BCUT2D eigenvalue weighted by molar-refractivity contribution is 6.30. The topological polar surface area (TPSA) is 73.6 Å². The number of benzene rings is 2. The molecule has 27 heavy (non-hydrogen) atoms. The number of nitrogens with zero attached hydrogens (tertiary/aromatic N) is 1. The van der Waals surface area contributed by atoms with E-state index in [0.717, 1.165) is 5.56 Å². The lowest BCUT2D eigenvalue weighted by atomic mass is 10.1. The lowest BCUT2D eigenvalue weighted by Crippen LogP contribution is -2.23. The van der Waals surface area contributed by atoms with Gasteiger partial charge in [-0.15, -0.1) is 0 Å². The number of carbonyl (C=O) groups excluding carboxylic acids is 1. The highest BCUT2D eigenvalue weighted by Crippen LogP contribution is 2.28. The first-order valence-electron chi connectivity index (χ1n) is 8.39. The lowest BCUT2D eigenvalue weighted by Gasteiger charge is -2.11. The van der Waals surface area contributed by atoms with E-state index < -0.39 is 0 Å². The van der Waals surface area contributed by atoms with Gasteiger partial charge in [0.25, 0.3) is 5.91 Å². The normalized spacial score (nSPS) is 10.5. The van der Waals surface area contributed by atoms with Gasteiger partial charge in [-0.05, 0) is 36.8 Å². The molecule has 3 rings (SSSR count). The van der Waals surface area contributed by atoms with E-state index in [-0.39, 0.29) is 11.6 Å². The molecule has 0 unspecified atom stereocenters. The second-order valence-corrected chi connectivity index (χ2v) is 6.08. The zero-order valence-electron chi connectivity index (χ0n) is 15.0. The first-order chi connectivity index (χ1) is 13.1. The number of aromatic nitrogens is 1. The van der Waals surface area contributed by atoms with Crippen LogP contribution in [0.2, 0.25) is 5.02 Å². The molecular formula is C20H19ClN2O4. The summed E-state index contributed by atoms with van der Waals surface area (Å²) in [4.78, 5) is 16.6. The van der Waals surface area contributed by atoms with Gasteiger partial charge in [-0.1, -0.05) is 29.8 Å². The molecule has 140 valence electrons. The Morgan fingerprint density at radius 3 is 2.81 bits per heavy atom. The Morgan fingerprint density at radius 2 is 2.07 bits per heavy atom. The van der Waals surface area contributed by atoms with Crippen LogP contribution in [0.5, 0.6) is 11.5 Å². The van der Waals surface area contributed by atoms with Gasteiger partial charge in [0, 0.05) is 17.1 Å². The number of nitrogens with one attached hydrogen (secondary N) is 1. The van der Waals surface area contributed by atoms with Crippen molar-refractivity contribution in [2.75, 3.05) is 13.7 Å². The van der Waals surface area contributed by atoms with E-state index in [2.05, 4.69) is 10.3 Å². The number of carbonyl (C=O) groups is 1. The second kappa shape index (κ2) is 8.60. The maximum Gasteiger partial charge on any atom is 0.274 e. The molecule has 2 aromatic carbocycles. The van der Waals surface area contributed by atoms with Gasteiger partial charge in [0.05, 0.1) is 13.7 Å². The Balaban J connectivity index is 1.74. The van der Waals surface area contributed by atoms with Gasteiger partial charge in [-0.3, -0.25) is 4.79 Å². The van der Waals surface area contributed by atoms with E-state index in [0.29, 0.717) is 41.0 Å². The summed E-state index contributed by atoms with van der Waals surface area (Å²) in [6.07, 6.45) is 1.24. The summed E-state index contributed by atoms with van der Waals surface area (Å²) in [5, 5.41) is 3.39. The molecule has 1 aromatic heterocycles. The minimum absolute atomic E-state index is 0.204. The number of halogens is 1. The summed E-state index contributed by atoms with van der Waals surface area (Å²) >= 11 is 6.02. The SMILES string of the molecule is CCOc1cc(CNC(=O)c2ncoc2-c2cccc(Cl)c2)ccc1OC. The van der Waals surface area contributed by atoms with Gasteiger partial charge in [0.1, 0.15) is 0 Å². The summed E-state index contributed by atoms with van der Waals surface area (Å²) in [6.45, 7) is 2.73. The average Bonchev–Trinajstić information content (AvgIpc) is 3.16. The zero-order chi connectivity index (χ0) is 19.2. The molecular weight excluding hydrogens is 368 g/mol. The largest absolute Gasteiger partial charge is 0.493 e. The van der Waals surface area contributed by atoms with Crippen molar-refractivity contribution in [3.8, 4) is 22.8 Å². The fourth-order valence-corrected chi connectivity index (χ4v) is 2.80. The summed E-state index contributed by atoms with van der Waals surface area (Å²) in [5.74, 6) is 1.31. The molecule has 0 aliphatic heterocycles. The Hall–Kier alpha value is -2.99. The molecule has 0 radical (unpaired) electrons. The van der Waals surface area contributed by atoms with Crippen LogP contribution in [0.15, 0.2) is 53.3 Å². The van der Waals surface area contributed by atoms with E-state index in [1.54, 1.807) is 37.4 Å². The van der Waals surface area contributed by atoms with E-state index in [1.165, 1.54) is 6.39 Å². The lowest BCUT2D eigenvalue weighted by molar-refractivity contribution is 0.0946. The molecule has 0 saturated heterocycles. The van der Waals surface area contributed by atoms with E-state index in [4.69, 9.17) is 25.5 Å². The fraction of sp³-hybridized carbons (Fsp3) is 0.200. The van der Waals surface area contributed by atoms with Crippen LogP contribution in [0.4, 0.5) is 0 Å². The molecule has 0 fully saturated rings. The van der Waals surface area contributed by atoms with Crippen molar-refractivity contribution in [3.63, 3.8) is 0 Å². The standard InChI is InChI=1S/C20H19ClN2O4/c1-3-26-17-9-13(7-8-16(17)25-2)11-22-20(24)18-19(27-12-23-18)14-5-4-6-15(21)10-14/h4-10,12H,3,11H2,1-2H3,(H,22,24). The van der Waals surface area contributed by atoms with Crippen molar-refractivity contribution < 1.29 is 18.7 Å². The number of methoxy groups -OCH3 is 1. The molecule has 0 saturated carbocycles. The van der Waals surface area contributed by atoms with Gasteiger partial charge < -0.3 is 19.2 Å². The average molecular weight is 387 g/mol. The highest BCUT2D eigenvalue weighted by Gasteiger charge is 2.18. The third-order valence-corrected chi connectivity index (χ3v) is 4.09. The minimum atomic E-state index is -0.340. The maximum absolute atomic E-state index is 12.6. The van der Waals surface area contributed by atoms with Crippen LogP contribution >= 0.6 is 11.6 Å². The van der Waals surface area contributed by atoms with Crippen LogP contribution in [-0.4, -0.2) is 24.6 Å². The monoisotopic (exact) mass is 386 g/mol. The summed E-state index contributed by atoms with van der Waals surface area (Å²) in [7, 11) is 1.58. The molecule has 1 amide bonds. The van der Waals surface area contributed by atoms with E-state index in [1.807, 2.05) is 19.1 Å². The van der Waals surface area contributed by atoms with Crippen molar-refractivity contribution in [2.24, 2.45) is 0 Å². The summed E-state index contributed by atoms with van der Waals surface area (Å²) in [6, 6.07) is 12.6. The zero-order valence-corrected chi connectivity index (χ0v) is 15.7. The van der Waals surface area contributed by atoms with Gasteiger partial charge in [0.2, 0.25) is 0 Å². The van der Waals surface area contributed by atoms with Crippen molar-refractivity contribution in [1.82, 2.24) is 10.3 Å². The van der Waals surface area contributed by atoms with Crippen LogP contribution in [0.3, 0.4) is 0 Å². The molecule has 0 spiro atoms. The van der Waals surface area contributed by atoms with Gasteiger partial charge >= 0.3 is 0 Å². The van der Waals surface area contributed by atoms with E-state index in [9.17, 15) is 4.79 Å². The molecule has 3 aromatic rings. The Bertz CT molecular complexity index is 939. The number of hydrogen-bond donors (Lipinski definition) is 1. The van der Waals surface area contributed by atoms with Crippen molar-refractivity contribution in [1.29, 1.82) is 0 Å². The Kier molecular flexibility index (Phi) is 5.98. The summed E-state index contributed by atoms with van der Waals surface area (Å²) < 4.78 is 16.2. The third kappa shape index (κ3) is 4.41. The first kappa shape index (κ1) is 18.8. The van der Waals surface area contributed by atoms with Crippen molar-refractivity contribution in [3.05, 3.63) is 65.1 Å². The number of hydrogen-bond acceptors (Lipinski definition) is 5. The Labute approximate surface area is 162 Å². The van der Waals surface area contributed by atoms with Crippen molar-refractivity contribution >= 4 is 17.5 Å². The van der Waals surface area contributed by atoms with Crippen LogP contribution in [-0.2, 0) is 6.54 Å². The first-order valence-corrected chi connectivity index (χ1v) is 8.77. The van der Waals surface area contributed by atoms with E-state index >= 15 is 0 Å². The molecule has 0 bridgehead atoms. The number of rotatable bonds is 7.